The number of aromatic hydroxyl groups is 1. The lowest BCUT2D eigenvalue weighted by atomic mass is 10.2. The molecule has 1 aliphatic heterocycles. The number of para-hydroxylation sites is 2. The van der Waals surface area contributed by atoms with E-state index in [1.54, 1.807) is 6.07 Å². The third-order valence-corrected chi connectivity index (χ3v) is 5.27. The molecular weight excluding hydrogens is 455 g/mol. The molecule has 1 aromatic carbocycles. The van der Waals surface area contributed by atoms with Crippen LogP contribution in [-0.4, -0.2) is 68.4 Å². The zero-order chi connectivity index (χ0) is 18.2. The molecule has 3 rings (SSSR count). The molecule has 2 aliphatic rings. The van der Waals surface area contributed by atoms with Gasteiger partial charge < -0.3 is 25.0 Å². The fraction of sp³-hybridized carbons (Fsp3) is 0.650. The molecule has 0 bridgehead atoms. The van der Waals surface area contributed by atoms with Gasteiger partial charge in [-0.1, -0.05) is 25.0 Å². The molecule has 1 aromatic rings. The number of phenols is 1. The van der Waals surface area contributed by atoms with Crippen LogP contribution in [0.2, 0.25) is 0 Å². The summed E-state index contributed by atoms with van der Waals surface area (Å²) in [5, 5.41) is 13.5. The summed E-state index contributed by atoms with van der Waals surface area (Å²) in [6.07, 6.45) is 6.61. The summed E-state index contributed by atoms with van der Waals surface area (Å²) in [4.78, 5) is 8.94. The van der Waals surface area contributed by atoms with Crippen molar-refractivity contribution >= 4 is 35.6 Å². The highest BCUT2D eigenvalue weighted by molar-refractivity contribution is 14.0. The third-order valence-electron chi connectivity index (χ3n) is 5.27. The molecule has 0 atom stereocenters. The summed E-state index contributed by atoms with van der Waals surface area (Å²) in [5.41, 5.74) is 0.916. The Bertz CT molecular complexity index is 585. The fourth-order valence-corrected chi connectivity index (χ4v) is 3.80. The quantitative estimate of drug-likeness (QED) is 0.279. The van der Waals surface area contributed by atoms with Crippen molar-refractivity contribution in [2.75, 3.05) is 51.3 Å². The molecule has 152 valence electrons. The Morgan fingerprint density at radius 3 is 2.56 bits per heavy atom. The number of nitrogens with one attached hydrogen (secondary N) is 1. The van der Waals surface area contributed by atoms with E-state index in [0.717, 1.165) is 57.4 Å². The number of hydrogen-bond acceptors (Lipinski definition) is 4. The first-order valence-corrected chi connectivity index (χ1v) is 9.88. The van der Waals surface area contributed by atoms with Gasteiger partial charge in [-0.15, -0.1) is 24.0 Å². The fourth-order valence-electron chi connectivity index (χ4n) is 3.80. The highest BCUT2D eigenvalue weighted by atomic mass is 127. The van der Waals surface area contributed by atoms with Crippen molar-refractivity contribution in [3.8, 4) is 5.75 Å². The number of guanidine groups is 1. The molecule has 2 fully saturated rings. The third kappa shape index (κ3) is 6.41. The van der Waals surface area contributed by atoms with Crippen LogP contribution in [0.3, 0.4) is 0 Å². The summed E-state index contributed by atoms with van der Waals surface area (Å²) in [7, 11) is 1.84. The van der Waals surface area contributed by atoms with Gasteiger partial charge in [0.25, 0.3) is 0 Å². The minimum absolute atomic E-state index is 0. The first kappa shape index (κ1) is 22.1. The van der Waals surface area contributed by atoms with Crippen LogP contribution >= 0.6 is 24.0 Å². The average Bonchev–Trinajstić information content (AvgIpc) is 3.19. The van der Waals surface area contributed by atoms with Gasteiger partial charge >= 0.3 is 0 Å². The van der Waals surface area contributed by atoms with Crippen LogP contribution in [0.4, 0.5) is 5.69 Å². The number of piperazine rings is 1. The normalized spacial score (nSPS) is 18.5. The number of hydrogen-bond donors (Lipinski definition) is 2. The van der Waals surface area contributed by atoms with Gasteiger partial charge in [0.2, 0.25) is 0 Å². The minimum atomic E-state index is 0. The van der Waals surface area contributed by atoms with Crippen LogP contribution in [0.1, 0.15) is 32.1 Å². The van der Waals surface area contributed by atoms with Crippen LogP contribution in [0.5, 0.6) is 5.75 Å². The highest BCUT2D eigenvalue weighted by Crippen LogP contribution is 2.27. The Kier molecular flexibility index (Phi) is 9.47. The predicted molar refractivity (Wildman–Crippen MR) is 121 cm³/mol. The molecule has 0 spiro atoms. The maximum Gasteiger partial charge on any atom is 0.193 e. The first-order valence-electron chi connectivity index (χ1n) is 9.88. The van der Waals surface area contributed by atoms with E-state index in [1.807, 2.05) is 25.2 Å². The topological polar surface area (TPSA) is 60.3 Å². The van der Waals surface area contributed by atoms with Crippen LogP contribution < -0.4 is 10.2 Å². The first-order chi connectivity index (χ1) is 12.8. The molecule has 2 N–H and O–H groups in total. The maximum atomic E-state index is 10.0. The van der Waals surface area contributed by atoms with E-state index >= 15 is 0 Å². The number of nitrogens with zero attached hydrogens (tertiary/aromatic N) is 3. The van der Waals surface area contributed by atoms with Crippen molar-refractivity contribution in [1.29, 1.82) is 0 Å². The zero-order valence-electron chi connectivity index (χ0n) is 16.3. The van der Waals surface area contributed by atoms with E-state index in [4.69, 9.17) is 4.74 Å². The number of halogens is 1. The van der Waals surface area contributed by atoms with Crippen molar-refractivity contribution in [3.05, 3.63) is 24.3 Å². The van der Waals surface area contributed by atoms with Gasteiger partial charge in [0.05, 0.1) is 11.8 Å². The van der Waals surface area contributed by atoms with E-state index in [2.05, 4.69) is 20.1 Å². The molecule has 6 nitrogen and oxygen atoms in total. The van der Waals surface area contributed by atoms with E-state index < -0.39 is 0 Å². The molecule has 0 radical (unpaired) electrons. The van der Waals surface area contributed by atoms with E-state index in [1.165, 1.54) is 25.7 Å². The van der Waals surface area contributed by atoms with Crippen molar-refractivity contribution in [1.82, 2.24) is 10.2 Å². The second-order valence-electron chi connectivity index (χ2n) is 7.07. The second-order valence-corrected chi connectivity index (χ2v) is 7.07. The Morgan fingerprint density at radius 2 is 1.89 bits per heavy atom. The number of rotatable bonds is 6. The monoisotopic (exact) mass is 488 g/mol. The van der Waals surface area contributed by atoms with Gasteiger partial charge in [0.15, 0.2) is 5.96 Å². The van der Waals surface area contributed by atoms with Crippen molar-refractivity contribution in [3.63, 3.8) is 0 Å². The van der Waals surface area contributed by atoms with Gasteiger partial charge in [-0.05, 0) is 31.4 Å². The second kappa shape index (κ2) is 11.6. The number of phenolic OH excluding ortho intramolecular Hbond substituents is 1. The largest absolute Gasteiger partial charge is 0.506 e. The Labute approximate surface area is 180 Å². The zero-order valence-corrected chi connectivity index (χ0v) is 18.6. The molecule has 1 saturated heterocycles. The van der Waals surface area contributed by atoms with Crippen LogP contribution in [0.25, 0.3) is 0 Å². The Morgan fingerprint density at radius 1 is 1.19 bits per heavy atom. The van der Waals surface area contributed by atoms with Crippen molar-refractivity contribution in [2.24, 2.45) is 4.99 Å². The molecule has 0 unspecified atom stereocenters. The lowest BCUT2D eigenvalue weighted by molar-refractivity contribution is 0.0573. The van der Waals surface area contributed by atoms with Crippen molar-refractivity contribution in [2.45, 2.75) is 38.2 Å². The average molecular weight is 488 g/mol. The smallest absolute Gasteiger partial charge is 0.193 e. The number of benzene rings is 1. The summed E-state index contributed by atoms with van der Waals surface area (Å²) in [5.74, 6) is 1.31. The summed E-state index contributed by atoms with van der Waals surface area (Å²) in [6, 6.07) is 7.55. The van der Waals surface area contributed by atoms with E-state index in [9.17, 15) is 5.11 Å². The predicted octanol–water partition coefficient (Wildman–Crippen LogP) is 3.06. The molecular formula is C20H33IN4O2. The molecule has 1 aliphatic carbocycles. The van der Waals surface area contributed by atoms with Gasteiger partial charge in [0, 0.05) is 46.4 Å². The molecule has 0 aromatic heterocycles. The van der Waals surface area contributed by atoms with Crippen molar-refractivity contribution < 1.29 is 9.84 Å². The van der Waals surface area contributed by atoms with Crippen LogP contribution in [-0.2, 0) is 4.74 Å². The molecule has 0 amide bonds. The summed E-state index contributed by atoms with van der Waals surface area (Å²) >= 11 is 0. The van der Waals surface area contributed by atoms with Crippen LogP contribution in [0.15, 0.2) is 29.3 Å². The minimum Gasteiger partial charge on any atom is -0.506 e. The molecule has 1 heterocycles. The van der Waals surface area contributed by atoms with Gasteiger partial charge in [0.1, 0.15) is 5.75 Å². The number of anilines is 1. The standard InChI is InChI=1S/C20H32N4O2.HI/c1-21-20(22-11-6-16-26-17-7-2-3-8-17)24-14-12-23(13-15-24)18-9-4-5-10-19(18)25;/h4-5,9-10,17,25H,2-3,6-8,11-16H2,1H3,(H,21,22);1H. The molecule has 27 heavy (non-hydrogen) atoms. The lowest BCUT2D eigenvalue weighted by Crippen LogP contribution is -2.52. The Hall–Kier alpha value is -1.22. The number of aliphatic imine (C=N–C) groups is 1. The Balaban J connectivity index is 0.00000261. The van der Waals surface area contributed by atoms with Gasteiger partial charge in [-0.25, -0.2) is 0 Å². The lowest BCUT2D eigenvalue weighted by Gasteiger charge is -2.37. The maximum absolute atomic E-state index is 10.0. The van der Waals surface area contributed by atoms with E-state index in [-0.39, 0.29) is 24.0 Å². The highest BCUT2D eigenvalue weighted by Gasteiger charge is 2.21. The van der Waals surface area contributed by atoms with Gasteiger partial charge in [-0.3, -0.25) is 4.99 Å². The summed E-state index contributed by atoms with van der Waals surface area (Å²) < 4.78 is 5.91. The number of ether oxygens (including phenoxy) is 1. The van der Waals surface area contributed by atoms with Gasteiger partial charge in [-0.2, -0.15) is 0 Å². The molecule has 7 heteroatoms. The summed E-state index contributed by atoms with van der Waals surface area (Å²) in [6.45, 7) is 5.26. The van der Waals surface area contributed by atoms with E-state index in [0.29, 0.717) is 11.9 Å². The van der Waals surface area contributed by atoms with Crippen LogP contribution in [0, 0.1) is 0 Å². The molecule has 1 saturated carbocycles. The SMILES string of the molecule is CN=C(NCCCOC1CCCC1)N1CCN(c2ccccc2O)CC1.I.